The van der Waals surface area contributed by atoms with E-state index in [9.17, 15) is 4.39 Å². The third-order valence-corrected chi connectivity index (χ3v) is 4.12. The summed E-state index contributed by atoms with van der Waals surface area (Å²) in [5.41, 5.74) is 1.06. The van der Waals surface area contributed by atoms with E-state index in [0.29, 0.717) is 11.8 Å². The number of nitrogens with zero attached hydrogens (tertiary/aromatic N) is 1. The molecule has 1 saturated carbocycles. The Balaban J connectivity index is 1.78. The van der Waals surface area contributed by atoms with Crippen LogP contribution in [0.25, 0.3) is 0 Å². The number of rotatable bonds is 3. The third kappa shape index (κ3) is 2.84. The molecule has 0 aromatic heterocycles. The van der Waals surface area contributed by atoms with Crippen LogP contribution in [0.15, 0.2) is 18.2 Å². The van der Waals surface area contributed by atoms with E-state index in [1.54, 1.807) is 0 Å². The quantitative estimate of drug-likeness (QED) is 0.907. The van der Waals surface area contributed by atoms with E-state index in [2.05, 4.69) is 10.2 Å². The van der Waals surface area contributed by atoms with Crippen LogP contribution in [0.1, 0.15) is 19.3 Å². The van der Waals surface area contributed by atoms with Gasteiger partial charge in [-0.2, -0.15) is 0 Å². The SMILES string of the molecule is COc1cc(N2CCCNC(C3CC3)C2)ccc1F. The molecule has 1 aliphatic heterocycles. The number of halogens is 1. The van der Waals surface area contributed by atoms with Gasteiger partial charge in [-0.05, 0) is 43.9 Å². The Bertz CT molecular complexity index is 448. The van der Waals surface area contributed by atoms with Gasteiger partial charge in [0.1, 0.15) is 0 Å². The lowest BCUT2D eigenvalue weighted by molar-refractivity contribution is 0.386. The molecule has 1 aromatic carbocycles. The third-order valence-electron chi connectivity index (χ3n) is 4.12. The molecule has 1 atom stereocenters. The van der Waals surface area contributed by atoms with Crippen LogP contribution in [0.2, 0.25) is 0 Å². The molecule has 1 saturated heterocycles. The maximum absolute atomic E-state index is 13.5. The van der Waals surface area contributed by atoms with Gasteiger partial charge < -0.3 is 15.0 Å². The van der Waals surface area contributed by atoms with Crippen molar-refractivity contribution in [3.8, 4) is 5.75 Å². The Morgan fingerprint density at radius 2 is 2.21 bits per heavy atom. The molecule has 0 amide bonds. The summed E-state index contributed by atoms with van der Waals surface area (Å²) in [6.45, 7) is 3.11. The summed E-state index contributed by atoms with van der Waals surface area (Å²) in [4.78, 5) is 2.35. The number of ether oxygens (including phenoxy) is 1. The van der Waals surface area contributed by atoms with Crippen molar-refractivity contribution in [2.24, 2.45) is 5.92 Å². The molecule has 1 N–H and O–H groups in total. The highest BCUT2D eigenvalue weighted by Gasteiger charge is 2.33. The van der Waals surface area contributed by atoms with E-state index in [4.69, 9.17) is 4.74 Å². The largest absolute Gasteiger partial charge is 0.494 e. The zero-order valence-corrected chi connectivity index (χ0v) is 11.4. The minimum Gasteiger partial charge on any atom is -0.494 e. The van der Waals surface area contributed by atoms with E-state index in [1.807, 2.05) is 12.1 Å². The van der Waals surface area contributed by atoms with Crippen LogP contribution < -0.4 is 15.0 Å². The topological polar surface area (TPSA) is 24.5 Å². The molecule has 4 heteroatoms. The van der Waals surface area contributed by atoms with Crippen molar-refractivity contribution >= 4 is 5.69 Å². The van der Waals surface area contributed by atoms with Crippen molar-refractivity contribution in [1.82, 2.24) is 5.32 Å². The Morgan fingerprint density at radius 1 is 1.37 bits per heavy atom. The summed E-state index contributed by atoms with van der Waals surface area (Å²) in [5.74, 6) is 0.874. The normalized spacial score (nSPS) is 24.1. The second kappa shape index (κ2) is 5.37. The maximum atomic E-state index is 13.5. The monoisotopic (exact) mass is 264 g/mol. The van der Waals surface area contributed by atoms with Gasteiger partial charge in [-0.15, -0.1) is 0 Å². The average molecular weight is 264 g/mol. The van der Waals surface area contributed by atoms with Gasteiger partial charge in [0.15, 0.2) is 11.6 Å². The Morgan fingerprint density at radius 3 is 2.95 bits per heavy atom. The van der Waals surface area contributed by atoms with Crippen molar-refractivity contribution in [2.75, 3.05) is 31.6 Å². The summed E-state index contributed by atoms with van der Waals surface area (Å²) in [6.07, 6.45) is 3.82. The molecule has 0 spiro atoms. The summed E-state index contributed by atoms with van der Waals surface area (Å²) in [7, 11) is 1.51. The van der Waals surface area contributed by atoms with Crippen molar-refractivity contribution in [1.29, 1.82) is 0 Å². The number of methoxy groups -OCH3 is 1. The van der Waals surface area contributed by atoms with Gasteiger partial charge >= 0.3 is 0 Å². The maximum Gasteiger partial charge on any atom is 0.165 e. The summed E-state index contributed by atoms with van der Waals surface area (Å²) in [5, 5.41) is 3.64. The Hall–Kier alpha value is -1.29. The van der Waals surface area contributed by atoms with Crippen LogP contribution in [0.5, 0.6) is 5.75 Å². The summed E-state index contributed by atoms with van der Waals surface area (Å²) >= 11 is 0. The van der Waals surface area contributed by atoms with Crippen LogP contribution >= 0.6 is 0 Å². The van der Waals surface area contributed by atoms with Gasteiger partial charge in [0.2, 0.25) is 0 Å². The smallest absolute Gasteiger partial charge is 0.165 e. The minimum atomic E-state index is -0.294. The van der Waals surface area contributed by atoms with Gasteiger partial charge in [-0.1, -0.05) is 0 Å². The van der Waals surface area contributed by atoms with Crippen molar-refractivity contribution < 1.29 is 9.13 Å². The molecule has 1 aliphatic carbocycles. The molecule has 0 radical (unpaired) electrons. The highest BCUT2D eigenvalue weighted by Crippen LogP contribution is 2.34. The lowest BCUT2D eigenvalue weighted by Gasteiger charge is -2.27. The van der Waals surface area contributed by atoms with Crippen LogP contribution in [-0.4, -0.2) is 32.8 Å². The molecule has 3 rings (SSSR count). The second-order valence-electron chi connectivity index (χ2n) is 5.52. The number of anilines is 1. The number of hydrogen-bond donors (Lipinski definition) is 1. The number of benzene rings is 1. The molecule has 3 nitrogen and oxygen atoms in total. The van der Waals surface area contributed by atoms with Gasteiger partial charge in [0.25, 0.3) is 0 Å². The minimum absolute atomic E-state index is 0.294. The van der Waals surface area contributed by atoms with E-state index in [1.165, 1.54) is 26.0 Å². The van der Waals surface area contributed by atoms with E-state index >= 15 is 0 Å². The first-order valence-corrected chi connectivity index (χ1v) is 7.10. The summed E-state index contributed by atoms with van der Waals surface area (Å²) in [6, 6.07) is 5.75. The first-order valence-electron chi connectivity index (χ1n) is 7.10. The molecule has 1 aromatic rings. The molecule has 2 fully saturated rings. The van der Waals surface area contributed by atoms with Crippen LogP contribution in [-0.2, 0) is 0 Å². The van der Waals surface area contributed by atoms with Gasteiger partial charge in [-0.25, -0.2) is 4.39 Å². The highest BCUT2D eigenvalue weighted by molar-refractivity contribution is 5.51. The predicted molar refractivity (Wildman–Crippen MR) is 74.3 cm³/mol. The lowest BCUT2D eigenvalue weighted by Crippen LogP contribution is -2.39. The second-order valence-corrected chi connectivity index (χ2v) is 5.52. The average Bonchev–Trinajstić information content (AvgIpc) is 3.25. The predicted octanol–water partition coefficient (Wildman–Crippen LogP) is 2.41. The zero-order valence-electron chi connectivity index (χ0n) is 11.4. The number of hydrogen-bond acceptors (Lipinski definition) is 3. The first kappa shape index (κ1) is 12.7. The van der Waals surface area contributed by atoms with Gasteiger partial charge in [0, 0.05) is 30.9 Å². The summed E-state index contributed by atoms with van der Waals surface area (Å²) < 4.78 is 18.6. The van der Waals surface area contributed by atoms with Crippen LogP contribution in [0, 0.1) is 11.7 Å². The lowest BCUT2D eigenvalue weighted by atomic mass is 10.1. The first-order chi connectivity index (χ1) is 9.28. The molecule has 1 unspecified atom stereocenters. The van der Waals surface area contributed by atoms with Gasteiger partial charge in [-0.3, -0.25) is 0 Å². The Kier molecular flexibility index (Phi) is 3.60. The fourth-order valence-electron chi connectivity index (χ4n) is 2.84. The molecule has 1 heterocycles. The highest BCUT2D eigenvalue weighted by atomic mass is 19.1. The van der Waals surface area contributed by atoms with Crippen molar-refractivity contribution in [3.05, 3.63) is 24.0 Å². The molecule has 19 heavy (non-hydrogen) atoms. The Labute approximate surface area is 113 Å². The van der Waals surface area contributed by atoms with E-state index in [-0.39, 0.29) is 5.82 Å². The van der Waals surface area contributed by atoms with E-state index in [0.717, 1.165) is 37.7 Å². The van der Waals surface area contributed by atoms with Crippen LogP contribution in [0.4, 0.5) is 10.1 Å². The fourth-order valence-corrected chi connectivity index (χ4v) is 2.84. The van der Waals surface area contributed by atoms with Crippen LogP contribution in [0.3, 0.4) is 0 Å². The molecular weight excluding hydrogens is 243 g/mol. The molecule has 104 valence electrons. The molecular formula is C15H21FN2O. The van der Waals surface area contributed by atoms with Crippen molar-refractivity contribution in [2.45, 2.75) is 25.3 Å². The standard InChI is InChI=1S/C15H21FN2O/c1-19-15-9-12(5-6-13(15)16)18-8-2-7-17-14(10-18)11-3-4-11/h5-6,9,11,14,17H,2-4,7-8,10H2,1H3. The molecule has 2 aliphatic rings. The van der Waals surface area contributed by atoms with Crippen molar-refractivity contribution in [3.63, 3.8) is 0 Å². The zero-order chi connectivity index (χ0) is 13.2. The molecule has 0 bridgehead atoms. The van der Waals surface area contributed by atoms with Gasteiger partial charge in [0.05, 0.1) is 7.11 Å². The number of nitrogens with one attached hydrogen (secondary N) is 1. The van der Waals surface area contributed by atoms with E-state index < -0.39 is 0 Å². The fraction of sp³-hybridized carbons (Fsp3) is 0.600.